The summed E-state index contributed by atoms with van der Waals surface area (Å²) in [6, 6.07) is 6.07. The van der Waals surface area contributed by atoms with Crippen molar-refractivity contribution in [1.82, 2.24) is 14.3 Å². The van der Waals surface area contributed by atoms with Crippen LogP contribution in [0.5, 0.6) is 0 Å². The lowest BCUT2D eigenvalue weighted by molar-refractivity contribution is 0.100. The van der Waals surface area contributed by atoms with Crippen molar-refractivity contribution in [2.75, 3.05) is 0 Å². The highest BCUT2D eigenvalue weighted by molar-refractivity contribution is 5.92. The Hall–Kier alpha value is -1.84. The number of aromatic nitrogens is 3. The molecule has 0 aliphatic rings. The molecule has 0 radical (unpaired) electrons. The maximum atomic E-state index is 11.4. The van der Waals surface area contributed by atoms with Gasteiger partial charge in [0.1, 0.15) is 0 Å². The third-order valence-electron chi connectivity index (χ3n) is 2.72. The SMILES string of the molecule is CC(=O)c1cccn1Cc1ccn(C(C)C)n1. The Kier molecular flexibility index (Phi) is 3.13. The summed E-state index contributed by atoms with van der Waals surface area (Å²) in [5.41, 5.74) is 1.70. The molecule has 0 bridgehead atoms. The first-order valence-corrected chi connectivity index (χ1v) is 5.78. The van der Waals surface area contributed by atoms with Gasteiger partial charge in [0.25, 0.3) is 0 Å². The van der Waals surface area contributed by atoms with E-state index in [1.165, 1.54) is 0 Å². The van der Waals surface area contributed by atoms with Gasteiger partial charge in [-0.05, 0) is 32.0 Å². The highest BCUT2D eigenvalue weighted by Crippen LogP contribution is 2.09. The summed E-state index contributed by atoms with van der Waals surface area (Å²) in [4.78, 5) is 11.4. The second-order valence-electron chi connectivity index (χ2n) is 4.46. The highest BCUT2D eigenvalue weighted by Gasteiger charge is 2.08. The van der Waals surface area contributed by atoms with E-state index >= 15 is 0 Å². The molecule has 0 unspecified atom stereocenters. The first-order chi connectivity index (χ1) is 8.08. The maximum Gasteiger partial charge on any atom is 0.176 e. The Morgan fingerprint density at radius 3 is 2.71 bits per heavy atom. The van der Waals surface area contributed by atoms with Crippen LogP contribution in [0.3, 0.4) is 0 Å². The van der Waals surface area contributed by atoms with E-state index < -0.39 is 0 Å². The summed E-state index contributed by atoms with van der Waals surface area (Å²) in [5.74, 6) is 0.0818. The van der Waals surface area contributed by atoms with Gasteiger partial charge in [0, 0.05) is 25.4 Å². The third-order valence-corrected chi connectivity index (χ3v) is 2.72. The summed E-state index contributed by atoms with van der Waals surface area (Å²) in [7, 11) is 0. The first kappa shape index (κ1) is 11.6. The first-order valence-electron chi connectivity index (χ1n) is 5.78. The Bertz CT molecular complexity index is 522. The number of carbonyl (C=O) groups excluding carboxylic acids is 1. The van der Waals surface area contributed by atoms with Gasteiger partial charge in [-0.15, -0.1) is 0 Å². The largest absolute Gasteiger partial charge is 0.339 e. The van der Waals surface area contributed by atoms with Crippen molar-refractivity contribution in [3.05, 3.63) is 42.0 Å². The number of rotatable bonds is 4. The van der Waals surface area contributed by atoms with Crippen LogP contribution in [0.15, 0.2) is 30.6 Å². The number of carbonyl (C=O) groups is 1. The zero-order valence-corrected chi connectivity index (χ0v) is 10.4. The zero-order chi connectivity index (χ0) is 12.4. The van der Waals surface area contributed by atoms with Crippen LogP contribution in [0.4, 0.5) is 0 Å². The van der Waals surface area contributed by atoms with Crippen molar-refractivity contribution in [1.29, 1.82) is 0 Å². The van der Waals surface area contributed by atoms with Gasteiger partial charge in [0.05, 0.1) is 17.9 Å². The number of nitrogens with zero attached hydrogens (tertiary/aromatic N) is 3. The van der Waals surface area contributed by atoms with Crippen LogP contribution in [0.25, 0.3) is 0 Å². The fourth-order valence-corrected chi connectivity index (χ4v) is 1.80. The Morgan fingerprint density at radius 1 is 1.35 bits per heavy atom. The average Bonchev–Trinajstić information content (AvgIpc) is 2.86. The molecule has 2 rings (SSSR count). The van der Waals surface area contributed by atoms with E-state index in [0.29, 0.717) is 12.6 Å². The van der Waals surface area contributed by atoms with Crippen molar-refractivity contribution in [3.8, 4) is 0 Å². The molecule has 0 N–H and O–H groups in total. The smallest absolute Gasteiger partial charge is 0.176 e. The van der Waals surface area contributed by atoms with E-state index in [0.717, 1.165) is 11.4 Å². The molecule has 0 aliphatic carbocycles. The summed E-state index contributed by atoms with van der Waals surface area (Å²) >= 11 is 0. The maximum absolute atomic E-state index is 11.4. The lowest BCUT2D eigenvalue weighted by Gasteiger charge is -2.06. The number of hydrogen-bond acceptors (Lipinski definition) is 2. The standard InChI is InChI=1S/C13H17N3O/c1-10(2)16-8-6-12(14-16)9-15-7-4-5-13(15)11(3)17/h4-8,10H,9H2,1-3H3. The fraction of sp³-hybridized carbons (Fsp3) is 0.385. The van der Waals surface area contributed by atoms with Crippen molar-refractivity contribution in [3.63, 3.8) is 0 Å². The second-order valence-corrected chi connectivity index (χ2v) is 4.46. The minimum Gasteiger partial charge on any atom is -0.339 e. The van der Waals surface area contributed by atoms with Gasteiger partial charge in [-0.3, -0.25) is 9.48 Å². The molecule has 0 saturated heterocycles. The van der Waals surface area contributed by atoms with Gasteiger partial charge in [-0.1, -0.05) is 0 Å². The summed E-state index contributed by atoms with van der Waals surface area (Å²) in [5, 5.41) is 4.47. The van der Waals surface area contributed by atoms with Crippen molar-refractivity contribution in [2.45, 2.75) is 33.4 Å². The van der Waals surface area contributed by atoms with Crippen molar-refractivity contribution in [2.24, 2.45) is 0 Å². The van der Waals surface area contributed by atoms with Gasteiger partial charge in [-0.2, -0.15) is 5.10 Å². The van der Waals surface area contributed by atoms with Crippen LogP contribution in [-0.2, 0) is 6.54 Å². The molecule has 2 heterocycles. The van der Waals surface area contributed by atoms with E-state index in [-0.39, 0.29) is 5.78 Å². The fourth-order valence-electron chi connectivity index (χ4n) is 1.80. The quantitative estimate of drug-likeness (QED) is 0.758. The van der Waals surface area contributed by atoms with Gasteiger partial charge in [0.15, 0.2) is 5.78 Å². The van der Waals surface area contributed by atoms with E-state index in [2.05, 4.69) is 18.9 Å². The minimum atomic E-state index is 0.0818. The second kappa shape index (κ2) is 4.57. The van der Waals surface area contributed by atoms with Crippen LogP contribution < -0.4 is 0 Å². The Balaban J connectivity index is 2.19. The normalized spacial score (nSPS) is 11.1. The van der Waals surface area contributed by atoms with Crippen LogP contribution in [0, 0.1) is 0 Å². The minimum absolute atomic E-state index is 0.0818. The number of Topliss-reactive ketones (excluding diaryl/α,β-unsaturated/α-hetero) is 1. The van der Waals surface area contributed by atoms with Crippen LogP contribution in [-0.4, -0.2) is 20.1 Å². The molecule has 0 atom stereocenters. The average molecular weight is 231 g/mol. The lowest BCUT2D eigenvalue weighted by Crippen LogP contribution is -2.08. The van der Waals surface area contributed by atoms with Gasteiger partial charge in [-0.25, -0.2) is 0 Å². The van der Waals surface area contributed by atoms with Gasteiger partial charge >= 0.3 is 0 Å². The molecule has 90 valence electrons. The topological polar surface area (TPSA) is 39.8 Å². The molecule has 0 spiro atoms. The highest BCUT2D eigenvalue weighted by atomic mass is 16.1. The summed E-state index contributed by atoms with van der Waals surface area (Å²) in [6.07, 6.45) is 3.88. The predicted molar refractivity (Wildman–Crippen MR) is 66.2 cm³/mol. The Morgan fingerprint density at radius 2 is 2.12 bits per heavy atom. The zero-order valence-electron chi connectivity index (χ0n) is 10.4. The molecule has 4 nitrogen and oxygen atoms in total. The monoisotopic (exact) mass is 231 g/mol. The van der Waals surface area contributed by atoms with Gasteiger partial charge in [0.2, 0.25) is 0 Å². The molecule has 0 amide bonds. The molecular formula is C13H17N3O. The van der Waals surface area contributed by atoms with Crippen LogP contribution in [0.2, 0.25) is 0 Å². The molecule has 2 aromatic rings. The van der Waals surface area contributed by atoms with E-state index in [1.54, 1.807) is 6.92 Å². The number of ketones is 1. The summed E-state index contributed by atoms with van der Waals surface area (Å²) in [6.45, 7) is 6.40. The Labute approximate surface area is 101 Å². The van der Waals surface area contributed by atoms with Crippen molar-refractivity contribution < 1.29 is 4.79 Å². The molecular weight excluding hydrogens is 214 g/mol. The van der Waals surface area contributed by atoms with Crippen LogP contribution in [0.1, 0.15) is 43.0 Å². The molecule has 0 fully saturated rings. The molecule has 17 heavy (non-hydrogen) atoms. The van der Waals surface area contributed by atoms with E-state index in [4.69, 9.17) is 0 Å². The molecule has 2 aromatic heterocycles. The van der Waals surface area contributed by atoms with Gasteiger partial charge < -0.3 is 4.57 Å². The summed E-state index contributed by atoms with van der Waals surface area (Å²) < 4.78 is 3.85. The van der Waals surface area contributed by atoms with Crippen molar-refractivity contribution >= 4 is 5.78 Å². The van der Waals surface area contributed by atoms with E-state index in [9.17, 15) is 4.79 Å². The molecule has 0 aliphatic heterocycles. The van der Waals surface area contributed by atoms with E-state index in [1.807, 2.05) is 39.8 Å². The molecule has 0 aromatic carbocycles. The lowest BCUT2D eigenvalue weighted by atomic mass is 10.3. The third kappa shape index (κ3) is 2.46. The molecule has 4 heteroatoms. The molecule has 0 saturated carbocycles. The predicted octanol–water partition coefficient (Wildman–Crippen LogP) is 2.52. The van der Waals surface area contributed by atoms with Crippen LogP contribution >= 0.6 is 0 Å². The number of hydrogen-bond donors (Lipinski definition) is 0.